The van der Waals surface area contributed by atoms with Crippen LogP contribution in [0.2, 0.25) is 78.6 Å². The van der Waals surface area contributed by atoms with E-state index in [9.17, 15) is 0 Å². The summed E-state index contributed by atoms with van der Waals surface area (Å²) in [7, 11) is -5.15. The SMILES string of the molecule is C[Si](C)(C)C1=CC[C]([Lu][C]2=C([Si](C)(C)C)C([Si](C)(C)C)=CC2)=C1[Si](C)(C)C.[H-]. The van der Waals surface area contributed by atoms with Crippen molar-refractivity contribution in [2.75, 3.05) is 0 Å². The fraction of sp³-hybridized carbons (Fsp3) is 0.636. The Kier molecular flexibility index (Phi) is 7.17. The predicted octanol–water partition coefficient (Wildman–Crippen LogP) is 7.86. The van der Waals surface area contributed by atoms with Crippen LogP contribution in [0, 0.1) is 33.0 Å². The number of hydrogen-bond donors (Lipinski definition) is 0. The fourth-order valence-corrected chi connectivity index (χ4v) is 22.0. The molecule has 0 aromatic heterocycles. The molecule has 0 atom stereocenters. The van der Waals surface area contributed by atoms with Gasteiger partial charge in [-0.1, -0.05) is 0 Å². The van der Waals surface area contributed by atoms with Crippen molar-refractivity contribution in [3.05, 3.63) is 36.5 Å². The third-order valence-electron chi connectivity index (χ3n) is 5.22. The molecule has 0 spiro atoms. The van der Waals surface area contributed by atoms with Gasteiger partial charge in [0.2, 0.25) is 0 Å². The number of allylic oxidation sites excluding steroid dienone is 8. The van der Waals surface area contributed by atoms with Gasteiger partial charge < -0.3 is 1.43 Å². The average molecular weight is 595 g/mol. The quantitative estimate of drug-likeness (QED) is 0.275. The molecule has 5 heteroatoms. The van der Waals surface area contributed by atoms with Crippen LogP contribution in [0.5, 0.6) is 0 Å². The second-order valence-corrected chi connectivity index (χ2v) is 34.6. The summed E-state index contributed by atoms with van der Waals surface area (Å²) in [5.41, 5.74) is 0. The van der Waals surface area contributed by atoms with Crippen molar-refractivity contribution in [3.8, 4) is 0 Å². The molecule has 27 heavy (non-hydrogen) atoms. The van der Waals surface area contributed by atoms with Crippen LogP contribution in [-0.2, 0) is 0 Å². The predicted molar refractivity (Wildman–Crippen MR) is 134 cm³/mol. The molecule has 0 nitrogen and oxygen atoms in total. The molecule has 0 unspecified atom stereocenters. The summed E-state index contributed by atoms with van der Waals surface area (Å²) >= 11 is 0.790. The van der Waals surface area contributed by atoms with E-state index in [-0.39, 0.29) is 1.43 Å². The summed E-state index contributed by atoms with van der Waals surface area (Å²) in [6, 6.07) is 0. The minimum atomic E-state index is -1.32. The molecule has 2 aliphatic carbocycles. The van der Waals surface area contributed by atoms with E-state index >= 15 is 0 Å². The van der Waals surface area contributed by atoms with Crippen molar-refractivity contribution in [1.82, 2.24) is 0 Å². The topological polar surface area (TPSA) is 0 Å². The van der Waals surface area contributed by atoms with Crippen LogP contribution in [0.3, 0.4) is 0 Å². The van der Waals surface area contributed by atoms with E-state index in [0.29, 0.717) is 0 Å². The summed E-state index contributed by atoms with van der Waals surface area (Å²) in [5, 5.41) is 7.35. The first-order valence-corrected chi connectivity index (χ1v) is 26.0. The standard InChI is InChI=1S/2C11H21Si2.Lu.H/c2*1-12(2,3)10-8-7-9-11(10)13(4,5)6;;/h2*8H,7H2,1-6H3;;/q;;;-1. The normalized spacial score (nSPS) is 20.0. The Morgan fingerprint density at radius 1 is 0.556 bits per heavy atom. The van der Waals surface area contributed by atoms with Gasteiger partial charge in [-0.2, -0.15) is 0 Å². The van der Waals surface area contributed by atoms with E-state index < -0.39 is 32.3 Å². The van der Waals surface area contributed by atoms with Crippen LogP contribution in [0.1, 0.15) is 14.3 Å². The maximum atomic E-state index is 2.64. The first kappa shape index (κ1) is 24.3. The van der Waals surface area contributed by atoms with E-state index in [4.69, 9.17) is 0 Å². The van der Waals surface area contributed by atoms with E-state index in [0.717, 1.165) is 33.0 Å². The molecular formula is C22H43LuSi4-. The van der Waals surface area contributed by atoms with Gasteiger partial charge in [0.25, 0.3) is 0 Å². The Balaban J connectivity index is 0.00000392. The summed E-state index contributed by atoms with van der Waals surface area (Å²) in [5.74, 6) is 0. The van der Waals surface area contributed by atoms with E-state index in [1.165, 1.54) is 12.8 Å². The van der Waals surface area contributed by atoms with Gasteiger partial charge in [-0.3, -0.25) is 0 Å². The van der Waals surface area contributed by atoms with Gasteiger partial charge in [0, 0.05) is 0 Å². The summed E-state index contributed by atoms with van der Waals surface area (Å²) in [4.78, 5) is 0. The molecule has 0 saturated heterocycles. The van der Waals surface area contributed by atoms with Crippen molar-refractivity contribution in [2.45, 2.75) is 91.4 Å². The molecule has 0 saturated carbocycles. The Hall–Kier alpha value is 1.06. The monoisotopic (exact) mass is 594 g/mol. The Morgan fingerprint density at radius 3 is 1.07 bits per heavy atom. The van der Waals surface area contributed by atoms with Gasteiger partial charge in [0.15, 0.2) is 0 Å². The fourth-order valence-electron chi connectivity index (χ4n) is 4.13. The molecule has 0 aromatic carbocycles. The van der Waals surface area contributed by atoms with Gasteiger partial charge in [-0.25, -0.2) is 0 Å². The Bertz CT molecular complexity index is 681. The molecular weight excluding hydrogens is 552 g/mol. The maximum absolute atomic E-state index is 2.64. The molecule has 0 aliphatic heterocycles. The van der Waals surface area contributed by atoms with E-state index in [1.807, 2.05) is 14.0 Å². The van der Waals surface area contributed by atoms with Gasteiger partial charge in [0.05, 0.1) is 0 Å². The molecule has 0 fully saturated rings. The second kappa shape index (κ2) is 7.96. The molecule has 2 aliphatic rings. The minimum absolute atomic E-state index is 0. The summed E-state index contributed by atoms with van der Waals surface area (Å²) < 4.78 is 3.67. The second-order valence-electron chi connectivity index (χ2n) is 12.1. The van der Waals surface area contributed by atoms with E-state index in [2.05, 4.69) is 90.7 Å². The summed E-state index contributed by atoms with van der Waals surface area (Å²) in [6.45, 7) is 30.7. The maximum Gasteiger partial charge on any atom is -1.00 e. The van der Waals surface area contributed by atoms with Crippen LogP contribution in [0.25, 0.3) is 0 Å². The minimum Gasteiger partial charge on any atom is -1.00 e. The third kappa shape index (κ3) is 5.61. The van der Waals surface area contributed by atoms with Crippen molar-refractivity contribution in [3.63, 3.8) is 0 Å². The van der Waals surface area contributed by atoms with Crippen LogP contribution in [0.15, 0.2) is 36.5 Å². The molecule has 2 rings (SSSR count). The van der Waals surface area contributed by atoms with Crippen molar-refractivity contribution in [2.24, 2.45) is 0 Å². The first-order valence-electron chi connectivity index (χ1n) is 10.4. The van der Waals surface area contributed by atoms with Gasteiger partial charge in [-0.05, 0) is 0 Å². The van der Waals surface area contributed by atoms with Crippen molar-refractivity contribution >= 4 is 32.3 Å². The van der Waals surface area contributed by atoms with Crippen LogP contribution >= 0.6 is 0 Å². The summed E-state index contributed by atoms with van der Waals surface area (Å²) in [6.07, 6.45) is 7.77. The number of rotatable bonds is 6. The van der Waals surface area contributed by atoms with Crippen molar-refractivity contribution < 1.29 is 34.5 Å². The molecule has 0 heterocycles. The third-order valence-corrected chi connectivity index (χ3v) is 17.2. The van der Waals surface area contributed by atoms with E-state index in [1.54, 1.807) is 10.4 Å². The van der Waals surface area contributed by atoms with Crippen LogP contribution in [-0.4, -0.2) is 32.3 Å². The van der Waals surface area contributed by atoms with Gasteiger partial charge in [-0.15, -0.1) is 0 Å². The molecule has 0 amide bonds. The molecule has 0 aromatic rings. The first-order chi connectivity index (χ1) is 11.9. The van der Waals surface area contributed by atoms with Crippen LogP contribution in [0.4, 0.5) is 0 Å². The zero-order chi connectivity index (χ0) is 21.0. The molecule has 0 N–H and O–H groups in total. The largest absolute Gasteiger partial charge is 1.00 e. The molecule has 163 valence electrons. The molecule has 0 bridgehead atoms. The molecule has 0 radical (unpaired) electrons. The Morgan fingerprint density at radius 2 is 0.852 bits per heavy atom. The average Bonchev–Trinajstić information content (AvgIpc) is 3.00. The smallest absolute Gasteiger partial charge is 1.00 e. The van der Waals surface area contributed by atoms with Gasteiger partial charge >= 0.3 is 193 Å². The Labute approximate surface area is 193 Å². The zero-order valence-corrected chi connectivity index (χ0v) is 25.5. The van der Waals surface area contributed by atoms with Gasteiger partial charge in [0.1, 0.15) is 0 Å². The van der Waals surface area contributed by atoms with Crippen molar-refractivity contribution in [1.29, 1.82) is 0 Å². The van der Waals surface area contributed by atoms with Crippen LogP contribution < -0.4 is 0 Å². The zero-order valence-electron chi connectivity index (χ0n) is 20.8. The number of hydrogen-bond acceptors (Lipinski definition) is 0.